The fraction of sp³-hybridized carbons (Fsp3) is 0.409. The highest BCUT2D eigenvalue weighted by molar-refractivity contribution is 7.92. The zero-order valence-electron chi connectivity index (χ0n) is 17.8. The average Bonchev–Trinajstić information content (AvgIpc) is 2.69. The molecule has 8 heteroatoms. The number of carbonyl (C=O) groups is 1. The Kier molecular flexibility index (Phi) is 8.23. The number of aryl methyl sites for hydroxylation is 1. The molecular weight excluding hydrogens is 407 g/mol. The Morgan fingerprint density at radius 2 is 1.93 bits per heavy atom. The molecule has 0 aliphatic heterocycles. The summed E-state index contributed by atoms with van der Waals surface area (Å²) in [5, 5.41) is 2.99. The molecule has 1 atom stereocenters. The Hall–Kier alpha value is -2.61. The van der Waals surface area contributed by atoms with Gasteiger partial charge in [-0.1, -0.05) is 31.2 Å². The minimum Gasteiger partial charge on any atom is -0.496 e. The van der Waals surface area contributed by atoms with Gasteiger partial charge in [0.15, 0.2) is 0 Å². The molecule has 0 radical (unpaired) electrons. The molecule has 0 aromatic heterocycles. The summed E-state index contributed by atoms with van der Waals surface area (Å²) in [7, 11) is -2.06. The molecule has 0 saturated carbocycles. The summed E-state index contributed by atoms with van der Waals surface area (Å²) < 4.78 is 44.5. The number of nitrogens with one attached hydrogen (secondary N) is 1. The zero-order valence-corrected chi connectivity index (χ0v) is 18.6. The molecule has 2 rings (SSSR count). The highest BCUT2D eigenvalue weighted by atomic mass is 32.2. The van der Waals surface area contributed by atoms with Gasteiger partial charge in [0.1, 0.15) is 11.6 Å². The van der Waals surface area contributed by atoms with Crippen molar-refractivity contribution in [2.24, 2.45) is 0 Å². The number of para-hydroxylation sites is 1. The fourth-order valence-corrected chi connectivity index (χ4v) is 4.27. The van der Waals surface area contributed by atoms with Crippen molar-refractivity contribution in [1.29, 1.82) is 0 Å². The minimum atomic E-state index is -3.67. The summed E-state index contributed by atoms with van der Waals surface area (Å²) >= 11 is 0. The Bertz CT molecular complexity index is 979. The van der Waals surface area contributed by atoms with E-state index in [0.29, 0.717) is 6.42 Å². The van der Waals surface area contributed by atoms with Crippen molar-refractivity contribution in [3.05, 3.63) is 59.4 Å². The van der Waals surface area contributed by atoms with Crippen LogP contribution < -0.4 is 14.4 Å². The maximum atomic E-state index is 14.1. The predicted octanol–water partition coefficient (Wildman–Crippen LogP) is 3.96. The van der Waals surface area contributed by atoms with Crippen molar-refractivity contribution in [2.45, 2.75) is 39.2 Å². The van der Waals surface area contributed by atoms with Gasteiger partial charge >= 0.3 is 0 Å². The summed E-state index contributed by atoms with van der Waals surface area (Å²) in [5.41, 5.74) is 1.95. The van der Waals surface area contributed by atoms with Crippen LogP contribution in [0.2, 0.25) is 0 Å². The van der Waals surface area contributed by atoms with Crippen molar-refractivity contribution >= 4 is 21.6 Å². The standard InChI is InChI=1S/C22H29FN2O4S/c1-5-19(17-12-13-21(29-3)16(2)15-17)24-22(26)11-8-14-25(30(4,27)28)20-10-7-6-9-18(20)23/h6-7,9-10,12-13,15,19H,5,8,11,14H2,1-4H3,(H,24,26)/t19-/m0/s1. The van der Waals surface area contributed by atoms with E-state index in [1.165, 1.54) is 18.2 Å². The number of amides is 1. The van der Waals surface area contributed by atoms with Crippen LogP contribution in [0.4, 0.5) is 10.1 Å². The molecule has 6 nitrogen and oxygen atoms in total. The lowest BCUT2D eigenvalue weighted by Crippen LogP contribution is -2.33. The first-order valence-corrected chi connectivity index (χ1v) is 11.7. The monoisotopic (exact) mass is 436 g/mol. The van der Waals surface area contributed by atoms with E-state index in [-0.39, 0.29) is 37.0 Å². The van der Waals surface area contributed by atoms with E-state index in [1.54, 1.807) is 13.2 Å². The number of methoxy groups -OCH3 is 1. The topological polar surface area (TPSA) is 75.7 Å². The fourth-order valence-electron chi connectivity index (χ4n) is 3.31. The van der Waals surface area contributed by atoms with E-state index in [4.69, 9.17) is 4.74 Å². The Morgan fingerprint density at radius 3 is 2.50 bits per heavy atom. The molecule has 0 saturated heterocycles. The van der Waals surface area contributed by atoms with Crippen LogP contribution in [0.3, 0.4) is 0 Å². The van der Waals surface area contributed by atoms with Crippen LogP contribution >= 0.6 is 0 Å². The van der Waals surface area contributed by atoms with Crippen LogP contribution in [0.5, 0.6) is 5.75 Å². The highest BCUT2D eigenvalue weighted by Crippen LogP contribution is 2.25. The molecule has 2 aromatic carbocycles. The molecular formula is C22H29FN2O4S. The van der Waals surface area contributed by atoms with Crippen LogP contribution in [0.25, 0.3) is 0 Å². The summed E-state index contributed by atoms with van der Waals surface area (Å²) in [5.74, 6) is -0.0143. The van der Waals surface area contributed by atoms with Crippen molar-refractivity contribution in [1.82, 2.24) is 5.32 Å². The number of hydrogen-bond donors (Lipinski definition) is 1. The molecule has 2 aromatic rings. The Morgan fingerprint density at radius 1 is 1.23 bits per heavy atom. The van der Waals surface area contributed by atoms with Gasteiger partial charge in [-0.2, -0.15) is 0 Å². The molecule has 0 aliphatic carbocycles. The van der Waals surface area contributed by atoms with Crippen LogP contribution in [0, 0.1) is 12.7 Å². The predicted molar refractivity (Wildman–Crippen MR) is 117 cm³/mol. The smallest absolute Gasteiger partial charge is 0.232 e. The van der Waals surface area contributed by atoms with Crippen LogP contribution in [0.1, 0.15) is 43.4 Å². The van der Waals surface area contributed by atoms with E-state index in [2.05, 4.69) is 5.32 Å². The molecule has 0 unspecified atom stereocenters. The molecule has 0 aliphatic rings. The molecule has 0 bridgehead atoms. The van der Waals surface area contributed by atoms with E-state index < -0.39 is 15.8 Å². The quantitative estimate of drug-likeness (QED) is 0.612. The second kappa shape index (κ2) is 10.4. The van der Waals surface area contributed by atoms with Gasteiger partial charge in [0.25, 0.3) is 0 Å². The maximum Gasteiger partial charge on any atom is 0.232 e. The van der Waals surface area contributed by atoms with Crippen molar-refractivity contribution in [2.75, 3.05) is 24.2 Å². The van der Waals surface area contributed by atoms with Gasteiger partial charge in [-0.05, 0) is 49.1 Å². The second-order valence-corrected chi connectivity index (χ2v) is 9.05. The molecule has 0 fully saturated rings. The molecule has 164 valence electrons. The van der Waals surface area contributed by atoms with Gasteiger partial charge in [0.2, 0.25) is 15.9 Å². The number of benzene rings is 2. The normalized spacial score (nSPS) is 12.3. The summed E-state index contributed by atoms with van der Waals surface area (Å²) in [4.78, 5) is 12.5. The number of hydrogen-bond acceptors (Lipinski definition) is 4. The van der Waals surface area contributed by atoms with Gasteiger partial charge in [0.05, 0.1) is 25.1 Å². The first kappa shape index (κ1) is 23.7. The number of ether oxygens (including phenoxy) is 1. The van der Waals surface area contributed by atoms with Crippen molar-refractivity contribution in [3.8, 4) is 5.75 Å². The van der Waals surface area contributed by atoms with Gasteiger partial charge in [-0.15, -0.1) is 0 Å². The van der Waals surface area contributed by atoms with Crippen LogP contribution in [0.15, 0.2) is 42.5 Å². The number of anilines is 1. The van der Waals surface area contributed by atoms with Gasteiger partial charge < -0.3 is 10.1 Å². The van der Waals surface area contributed by atoms with Gasteiger partial charge in [-0.3, -0.25) is 9.10 Å². The lowest BCUT2D eigenvalue weighted by atomic mass is 10.0. The number of nitrogens with zero attached hydrogens (tertiary/aromatic N) is 1. The van der Waals surface area contributed by atoms with Crippen LogP contribution in [-0.2, 0) is 14.8 Å². The highest BCUT2D eigenvalue weighted by Gasteiger charge is 2.21. The molecule has 30 heavy (non-hydrogen) atoms. The second-order valence-electron chi connectivity index (χ2n) is 7.15. The number of rotatable bonds is 10. The number of carbonyl (C=O) groups excluding carboxylic acids is 1. The average molecular weight is 437 g/mol. The molecule has 0 heterocycles. The largest absolute Gasteiger partial charge is 0.496 e. The number of sulfonamides is 1. The van der Waals surface area contributed by atoms with Crippen molar-refractivity contribution in [3.63, 3.8) is 0 Å². The SMILES string of the molecule is CC[C@H](NC(=O)CCCN(c1ccccc1F)S(C)(=O)=O)c1ccc(OC)c(C)c1. The summed E-state index contributed by atoms with van der Waals surface area (Å²) in [6.45, 7) is 3.94. The van der Waals surface area contributed by atoms with Crippen LogP contribution in [-0.4, -0.2) is 34.2 Å². The molecule has 1 amide bonds. The third kappa shape index (κ3) is 6.19. The van der Waals surface area contributed by atoms with Gasteiger partial charge in [-0.25, -0.2) is 12.8 Å². The van der Waals surface area contributed by atoms with E-state index >= 15 is 0 Å². The molecule has 1 N–H and O–H groups in total. The third-order valence-electron chi connectivity index (χ3n) is 4.85. The number of halogens is 1. The van der Waals surface area contributed by atoms with E-state index in [0.717, 1.165) is 27.4 Å². The first-order valence-electron chi connectivity index (χ1n) is 9.83. The van der Waals surface area contributed by atoms with E-state index in [1.807, 2.05) is 32.0 Å². The summed E-state index contributed by atoms with van der Waals surface area (Å²) in [6.07, 6.45) is 2.14. The zero-order chi connectivity index (χ0) is 22.3. The Balaban J connectivity index is 2.00. The molecule has 0 spiro atoms. The maximum absolute atomic E-state index is 14.1. The third-order valence-corrected chi connectivity index (χ3v) is 6.03. The minimum absolute atomic E-state index is 0.0134. The van der Waals surface area contributed by atoms with Crippen molar-refractivity contribution < 1.29 is 22.3 Å². The Labute approximate surface area is 178 Å². The lowest BCUT2D eigenvalue weighted by molar-refractivity contribution is -0.121. The van der Waals surface area contributed by atoms with Gasteiger partial charge in [0, 0.05) is 13.0 Å². The van der Waals surface area contributed by atoms with E-state index in [9.17, 15) is 17.6 Å². The summed E-state index contributed by atoms with van der Waals surface area (Å²) in [6, 6.07) is 11.3. The lowest BCUT2D eigenvalue weighted by Gasteiger charge is -2.23. The first-order chi connectivity index (χ1) is 14.2.